The van der Waals surface area contributed by atoms with Crippen molar-refractivity contribution in [3.8, 4) is 5.75 Å². The van der Waals surface area contributed by atoms with Gasteiger partial charge in [-0.15, -0.1) is 0 Å². The number of piperazine rings is 1. The van der Waals surface area contributed by atoms with Crippen molar-refractivity contribution in [2.24, 2.45) is 0 Å². The van der Waals surface area contributed by atoms with E-state index >= 15 is 0 Å². The van der Waals surface area contributed by atoms with Gasteiger partial charge >= 0.3 is 0 Å². The number of hydrogen-bond donors (Lipinski definition) is 2. The zero-order chi connectivity index (χ0) is 19.6. The number of rotatable bonds is 5. The van der Waals surface area contributed by atoms with Crippen LogP contribution in [0, 0.1) is 0 Å². The Bertz CT molecular complexity index is 1090. The Hall–Kier alpha value is -2.77. The van der Waals surface area contributed by atoms with Crippen LogP contribution >= 0.6 is 0 Å². The molecule has 0 atom stereocenters. The SMILES string of the molecule is COc1ccc(NS(=O)(=O)c2cccc3ccccc23)cc1N1CCNCC1. The molecule has 1 heterocycles. The number of nitrogens with one attached hydrogen (secondary N) is 2. The predicted molar refractivity (Wildman–Crippen MR) is 113 cm³/mol. The lowest BCUT2D eigenvalue weighted by Crippen LogP contribution is -2.43. The standard InChI is InChI=1S/C21H23N3O3S/c1-27-20-10-9-17(15-19(20)24-13-11-22-12-14-24)23-28(25,26)21-8-4-6-16-5-2-3-7-18(16)21/h2-10,15,22-23H,11-14H2,1H3. The first kappa shape index (κ1) is 18.6. The van der Waals surface area contributed by atoms with E-state index in [0.29, 0.717) is 11.1 Å². The van der Waals surface area contributed by atoms with Crippen LogP contribution in [0.3, 0.4) is 0 Å². The Labute approximate surface area is 165 Å². The summed E-state index contributed by atoms with van der Waals surface area (Å²) in [6.45, 7) is 3.45. The number of benzene rings is 3. The van der Waals surface area contributed by atoms with Crippen molar-refractivity contribution in [3.63, 3.8) is 0 Å². The number of hydrogen-bond acceptors (Lipinski definition) is 5. The van der Waals surface area contributed by atoms with Crippen LogP contribution in [0.4, 0.5) is 11.4 Å². The number of anilines is 2. The van der Waals surface area contributed by atoms with Crippen LogP contribution in [0.15, 0.2) is 65.6 Å². The summed E-state index contributed by atoms with van der Waals surface area (Å²) in [4.78, 5) is 2.47. The molecule has 0 unspecified atom stereocenters. The smallest absolute Gasteiger partial charge is 0.262 e. The van der Waals surface area contributed by atoms with Crippen molar-refractivity contribution in [1.82, 2.24) is 5.32 Å². The van der Waals surface area contributed by atoms with Crippen LogP contribution in [0.25, 0.3) is 10.8 Å². The molecule has 0 amide bonds. The molecule has 1 fully saturated rings. The maximum absolute atomic E-state index is 13.1. The van der Waals surface area contributed by atoms with E-state index in [-0.39, 0.29) is 4.90 Å². The molecule has 0 saturated carbocycles. The molecule has 0 aromatic heterocycles. The normalized spacial score (nSPS) is 14.8. The summed E-state index contributed by atoms with van der Waals surface area (Å²) in [6.07, 6.45) is 0. The zero-order valence-corrected chi connectivity index (χ0v) is 16.5. The summed E-state index contributed by atoms with van der Waals surface area (Å²) in [6, 6.07) is 18.1. The van der Waals surface area contributed by atoms with Crippen LogP contribution in [-0.2, 0) is 10.0 Å². The lowest BCUT2D eigenvalue weighted by atomic mass is 10.1. The largest absolute Gasteiger partial charge is 0.495 e. The molecule has 1 aliphatic heterocycles. The van der Waals surface area contributed by atoms with Crippen molar-refractivity contribution in [2.45, 2.75) is 4.90 Å². The molecule has 28 heavy (non-hydrogen) atoms. The van der Waals surface area contributed by atoms with E-state index in [2.05, 4.69) is 14.9 Å². The van der Waals surface area contributed by atoms with Crippen LogP contribution in [0.1, 0.15) is 0 Å². The average molecular weight is 398 g/mol. The second kappa shape index (κ2) is 7.69. The van der Waals surface area contributed by atoms with Gasteiger partial charge in [-0.1, -0.05) is 36.4 Å². The fourth-order valence-corrected chi connectivity index (χ4v) is 4.83. The van der Waals surface area contributed by atoms with Crippen LogP contribution < -0.4 is 19.7 Å². The Morgan fingerprint density at radius 1 is 1.00 bits per heavy atom. The van der Waals surface area contributed by atoms with Gasteiger partial charge in [-0.05, 0) is 29.7 Å². The Morgan fingerprint density at radius 3 is 2.54 bits per heavy atom. The molecule has 0 radical (unpaired) electrons. The second-order valence-electron chi connectivity index (χ2n) is 6.71. The van der Waals surface area contributed by atoms with E-state index in [4.69, 9.17) is 4.74 Å². The first-order valence-corrected chi connectivity index (χ1v) is 10.7. The molecule has 3 aromatic carbocycles. The highest BCUT2D eigenvalue weighted by molar-refractivity contribution is 7.93. The Kier molecular flexibility index (Phi) is 5.11. The highest BCUT2D eigenvalue weighted by atomic mass is 32.2. The van der Waals surface area contributed by atoms with Gasteiger partial charge in [0, 0.05) is 31.6 Å². The van der Waals surface area contributed by atoms with Crippen LogP contribution in [0.2, 0.25) is 0 Å². The van der Waals surface area contributed by atoms with Gasteiger partial charge in [0.15, 0.2) is 0 Å². The molecular weight excluding hydrogens is 374 g/mol. The summed E-state index contributed by atoms with van der Waals surface area (Å²) in [5.41, 5.74) is 1.41. The number of nitrogens with zero attached hydrogens (tertiary/aromatic N) is 1. The molecule has 0 bridgehead atoms. The fraction of sp³-hybridized carbons (Fsp3) is 0.238. The Morgan fingerprint density at radius 2 is 1.75 bits per heavy atom. The van der Waals surface area contributed by atoms with E-state index in [1.54, 1.807) is 31.4 Å². The topological polar surface area (TPSA) is 70.7 Å². The third kappa shape index (κ3) is 3.63. The van der Waals surface area contributed by atoms with E-state index < -0.39 is 10.0 Å². The Balaban J connectivity index is 1.69. The summed E-state index contributed by atoms with van der Waals surface area (Å²) in [5, 5.41) is 4.91. The van der Waals surface area contributed by atoms with E-state index in [9.17, 15) is 8.42 Å². The summed E-state index contributed by atoms with van der Waals surface area (Å²) in [5.74, 6) is 0.731. The number of fused-ring (bicyclic) bond motifs is 1. The molecule has 7 heteroatoms. The van der Waals surface area contributed by atoms with E-state index in [1.165, 1.54) is 0 Å². The molecule has 146 valence electrons. The van der Waals surface area contributed by atoms with Crippen molar-refractivity contribution < 1.29 is 13.2 Å². The monoisotopic (exact) mass is 397 g/mol. The van der Waals surface area contributed by atoms with Gasteiger partial charge in [0.25, 0.3) is 10.0 Å². The quantitative estimate of drug-likeness (QED) is 0.692. The first-order valence-electron chi connectivity index (χ1n) is 9.23. The molecular formula is C21H23N3O3S. The van der Waals surface area contributed by atoms with Crippen molar-refractivity contribution in [1.29, 1.82) is 0 Å². The van der Waals surface area contributed by atoms with Gasteiger partial charge in [0.1, 0.15) is 5.75 Å². The minimum Gasteiger partial charge on any atom is -0.495 e. The highest BCUT2D eigenvalue weighted by Crippen LogP contribution is 2.33. The number of methoxy groups -OCH3 is 1. The van der Waals surface area contributed by atoms with E-state index in [1.807, 2.05) is 36.4 Å². The van der Waals surface area contributed by atoms with Gasteiger partial charge in [-0.25, -0.2) is 8.42 Å². The zero-order valence-electron chi connectivity index (χ0n) is 15.7. The van der Waals surface area contributed by atoms with Gasteiger partial charge in [-0.2, -0.15) is 0 Å². The van der Waals surface area contributed by atoms with Crippen molar-refractivity contribution in [2.75, 3.05) is 42.9 Å². The summed E-state index contributed by atoms with van der Waals surface area (Å²) >= 11 is 0. The second-order valence-corrected chi connectivity index (χ2v) is 8.36. The third-order valence-corrected chi connectivity index (χ3v) is 6.37. The minimum absolute atomic E-state index is 0.269. The molecule has 2 N–H and O–H groups in total. The van der Waals surface area contributed by atoms with Crippen molar-refractivity contribution >= 4 is 32.2 Å². The maximum atomic E-state index is 13.1. The molecule has 6 nitrogen and oxygen atoms in total. The third-order valence-electron chi connectivity index (χ3n) is 4.93. The summed E-state index contributed by atoms with van der Waals surface area (Å²) in [7, 11) is -2.10. The minimum atomic E-state index is -3.73. The lowest BCUT2D eigenvalue weighted by Gasteiger charge is -2.31. The molecule has 0 spiro atoms. The highest BCUT2D eigenvalue weighted by Gasteiger charge is 2.20. The molecule has 3 aromatic rings. The molecule has 0 aliphatic carbocycles. The van der Waals surface area contributed by atoms with Crippen LogP contribution in [-0.4, -0.2) is 41.7 Å². The van der Waals surface area contributed by atoms with Gasteiger partial charge in [0.05, 0.1) is 23.4 Å². The maximum Gasteiger partial charge on any atom is 0.262 e. The van der Waals surface area contributed by atoms with Crippen LogP contribution in [0.5, 0.6) is 5.75 Å². The molecule has 1 saturated heterocycles. The molecule has 1 aliphatic rings. The van der Waals surface area contributed by atoms with Crippen molar-refractivity contribution in [3.05, 3.63) is 60.7 Å². The van der Waals surface area contributed by atoms with E-state index in [0.717, 1.165) is 43.0 Å². The first-order chi connectivity index (χ1) is 13.6. The van der Waals surface area contributed by atoms with Gasteiger partial charge < -0.3 is 15.0 Å². The summed E-state index contributed by atoms with van der Waals surface area (Å²) < 4.78 is 34.4. The average Bonchev–Trinajstić information content (AvgIpc) is 2.73. The molecule has 4 rings (SSSR count). The predicted octanol–water partition coefficient (Wildman–Crippen LogP) is 3.06. The number of ether oxygens (including phenoxy) is 1. The van der Waals surface area contributed by atoms with Gasteiger partial charge in [0.2, 0.25) is 0 Å². The van der Waals surface area contributed by atoms with Gasteiger partial charge in [-0.3, -0.25) is 4.72 Å². The lowest BCUT2D eigenvalue weighted by molar-refractivity contribution is 0.413. The number of sulfonamides is 1. The fourth-order valence-electron chi connectivity index (χ4n) is 3.55.